The fraction of sp³-hybridized carbons (Fsp3) is 0. The molecule has 1 heterocycles. The van der Waals surface area contributed by atoms with Crippen LogP contribution >= 0.6 is 11.6 Å². The smallest absolute Gasteiger partial charge is 0.293 e. The lowest BCUT2D eigenvalue weighted by Gasteiger charge is -2.27. The van der Waals surface area contributed by atoms with E-state index in [2.05, 4.69) is 12.1 Å². The number of para-hydroxylation sites is 4. The molecule has 0 atom stereocenters. The van der Waals surface area contributed by atoms with E-state index in [0.717, 1.165) is 33.6 Å². The molecule has 0 fully saturated rings. The van der Waals surface area contributed by atoms with Gasteiger partial charge in [0, 0.05) is 17.2 Å². The van der Waals surface area contributed by atoms with Crippen LogP contribution in [-0.4, -0.2) is 4.92 Å². The van der Waals surface area contributed by atoms with Gasteiger partial charge in [-0.05, 0) is 29.3 Å². The molecule has 0 bridgehead atoms. The molecule has 4 aromatic carbocycles. The molecule has 0 spiro atoms. The normalized spacial score (nSPS) is 11.8. The van der Waals surface area contributed by atoms with Crippen molar-refractivity contribution in [2.24, 2.45) is 0 Å². The second kappa shape index (κ2) is 6.76. The van der Waals surface area contributed by atoms with Crippen molar-refractivity contribution in [2.75, 3.05) is 4.90 Å². The van der Waals surface area contributed by atoms with E-state index in [4.69, 9.17) is 11.6 Å². The number of anilines is 3. The summed E-state index contributed by atoms with van der Waals surface area (Å²) in [5.74, 6) is 0. The number of halogens is 1. The van der Waals surface area contributed by atoms with E-state index >= 15 is 0 Å². The lowest BCUT2D eigenvalue weighted by atomic mass is 9.95. The standard InChI is InChI=1S/C24H15ClN2O2/c25-20-12-7-11-19-17-9-2-1-8-16(17)18-10-3-4-13-21(18)26(24(19)20)22-14-5-6-15-23(22)27(28)29/h1-15H. The van der Waals surface area contributed by atoms with E-state index in [1.807, 2.05) is 59.5 Å². The molecular weight excluding hydrogens is 384 g/mol. The maximum Gasteiger partial charge on any atom is 0.293 e. The summed E-state index contributed by atoms with van der Waals surface area (Å²) < 4.78 is 0. The van der Waals surface area contributed by atoms with Gasteiger partial charge in [0.1, 0.15) is 5.69 Å². The average molecular weight is 399 g/mol. The first-order chi connectivity index (χ1) is 14.2. The van der Waals surface area contributed by atoms with E-state index in [-0.39, 0.29) is 10.6 Å². The fourth-order valence-electron chi connectivity index (χ4n) is 3.99. The summed E-state index contributed by atoms with van der Waals surface area (Å²) in [6.45, 7) is 0. The molecule has 140 valence electrons. The fourth-order valence-corrected chi connectivity index (χ4v) is 4.25. The molecule has 0 radical (unpaired) electrons. The van der Waals surface area contributed by atoms with Crippen molar-refractivity contribution in [1.29, 1.82) is 0 Å². The molecule has 1 aliphatic rings. The molecule has 0 amide bonds. The highest BCUT2D eigenvalue weighted by atomic mass is 35.5. The third kappa shape index (κ3) is 2.69. The van der Waals surface area contributed by atoms with Crippen LogP contribution in [-0.2, 0) is 0 Å². The number of hydrogen-bond acceptors (Lipinski definition) is 3. The average Bonchev–Trinajstić information content (AvgIpc) is 2.88. The predicted octanol–water partition coefficient (Wildman–Crippen LogP) is 7.37. The lowest BCUT2D eigenvalue weighted by Crippen LogP contribution is -2.13. The Bertz CT molecular complexity index is 1270. The van der Waals surface area contributed by atoms with E-state index in [9.17, 15) is 10.1 Å². The van der Waals surface area contributed by atoms with Crippen molar-refractivity contribution in [3.05, 3.63) is 106 Å². The van der Waals surface area contributed by atoms with Gasteiger partial charge in [0.15, 0.2) is 0 Å². The lowest BCUT2D eigenvalue weighted by molar-refractivity contribution is -0.384. The minimum absolute atomic E-state index is 0.0270. The van der Waals surface area contributed by atoms with Crippen LogP contribution in [0.3, 0.4) is 0 Å². The molecule has 0 unspecified atom stereocenters. The molecule has 0 aliphatic carbocycles. The molecule has 29 heavy (non-hydrogen) atoms. The third-order valence-corrected chi connectivity index (χ3v) is 5.49. The van der Waals surface area contributed by atoms with Gasteiger partial charge in [-0.2, -0.15) is 0 Å². The predicted molar refractivity (Wildman–Crippen MR) is 117 cm³/mol. The molecule has 0 saturated heterocycles. The minimum atomic E-state index is -0.355. The van der Waals surface area contributed by atoms with Crippen molar-refractivity contribution in [1.82, 2.24) is 0 Å². The van der Waals surface area contributed by atoms with Gasteiger partial charge in [-0.3, -0.25) is 10.1 Å². The van der Waals surface area contributed by atoms with Crippen molar-refractivity contribution in [2.45, 2.75) is 0 Å². The van der Waals surface area contributed by atoms with Crippen molar-refractivity contribution < 1.29 is 4.92 Å². The van der Waals surface area contributed by atoms with E-state index < -0.39 is 0 Å². The van der Waals surface area contributed by atoms with Gasteiger partial charge in [-0.1, -0.05) is 78.3 Å². The largest absolute Gasteiger partial charge is 0.302 e. The molecule has 4 nitrogen and oxygen atoms in total. The Morgan fingerprint density at radius 2 is 1.21 bits per heavy atom. The first-order valence-electron chi connectivity index (χ1n) is 9.17. The van der Waals surface area contributed by atoms with Crippen LogP contribution in [0.1, 0.15) is 0 Å². The summed E-state index contributed by atoms with van der Waals surface area (Å²) >= 11 is 6.71. The van der Waals surface area contributed by atoms with E-state index in [1.54, 1.807) is 18.2 Å². The second-order valence-corrected chi connectivity index (χ2v) is 7.19. The van der Waals surface area contributed by atoms with Crippen LogP contribution in [0, 0.1) is 10.1 Å². The van der Waals surface area contributed by atoms with Gasteiger partial charge in [0.05, 0.1) is 21.3 Å². The van der Waals surface area contributed by atoms with Crippen LogP contribution in [0.15, 0.2) is 91.0 Å². The third-order valence-electron chi connectivity index (χ3n) is 5.18. The highest BCUT2D eigenvalue weighted by Gasteiger charge is 2.30. The molecule has 4 aromatic rings. The van der Waals surface area contributed by atoms with Crippen LogP contribution in [0.5, 0.6) is 0 Å². The zero-order valence-corrected chi connectivity index (χ0v) is 16.0. The molecule has 5 rings (SSSR count). The maximum atomic E-state index is 11.8. The summed E-state index contributed by atoms with van der Waals surface area (Å²) in [5.41, 5.74) is 6.12. The number of nitro groups is 1. The Kier molecular flexibility index (Phi) is 4.07. The number of rotatable bonds is 2. The molecule has 5 heteroatoms. The quantitative estimate of drug-likeness (QED) is 0.230. The Labute approximate surface area is 172 Å². The van der Waals surface area contributed by atoms with Gasteiger partial charge in [0.2, 0.25) is 0 Å². The zero-order valence-electron chi connectivity index (χ0n) is 15.2. The molecule has 0 saturated carbocycles. The van der Waals surface area contributed by atoms with Crippen molar-refractivity contribution in [3.63, 3.8) is 0 Å². The maximum absolute atomic E-state index is 11.8. The van der Waals surface area contributed by atoms with Crippen LogP contribution in [0.25, 0.3) is 22.3 Å². The Hall–Kier alpha value is -3.63. The summed E-state index contributed by atoms with van der Waals surface area (Å²) in [6.07, 6.45) is 0. The van der Waals surface area contributed by atoms with Gasteiger partial charge >= 0.3 is 0 Å². The SMILES string of the molecule is O=[N+]([O-])c1ccccc1N1c2ccccc2-c2ccccc2-c2cccc(Cl)c21. The second-order valence-electron chi connectivity index (χ2n) is 6.78. The topological polar surface area (TPSA) is 46.4 Å². The van der Waals surface area contributed by atoms with Crippen LogP contribution in [0.2, 0.25) is 5.02 Å². The first kappa shape index (κ1) is 17.5. The Balaban J connectivity index is 1.96. The highest BCUT2D eigenvalue weighted by Crippen LogP contribution is 2.53. The molecule has 0 aromatic heterocycles. The van der Waals surface area contributed by atoms with Crippen LogP contribution in [0.4, 0.5) is 22.7 Å². The Morgan fingerprint density at radius 1 is 0.655 bits per heavy atom. The zero-order chi connectivity index (χ0) is 20.0. The van der Waals surface area contributed by atoms with Gasteiger partial charge in [-0.25, -0.2) is 0 Å². The van der Waals surface area contributed by atoms with Crippen LogP contribution < -0.4 is 4.90 Å². The molecule has 0 N–H and O–H groups in total. The monoisotopic (exact) mass is 398 g/mol. The summed E-state index contributed by atoms with van der Waals surface area (Å²) in [5, 5.41) is 12.4. The summed E-state index contributed by atoms with van der Waals surface area (Å²) in [7, 11) is 0. The minimum Gasteiger partial charge on any atom is -0.302 e. The van der Waals surface area contributed by atoms with E-state index in [0.29, 0.717) is 10.7 Å². The number of nitro benzene ring substituents is 1. The highest BCUT2D eigenvalue weighted by molar-refractivity contribution is 6.35. The van der Waals surface area contributed by atoms with Gasteiger partial charge in [-0.15, -0.1) is 0 Å². The number of benzene rings is 4. The molecular formula is C24H15ClN2O2. The van der Waals surface area contributed by atoms with E-state index in [1.165, 1.54) is 6.07 Å². The Morgan fingerprint density at radius 3 is 1.93 bits per heavy atom. The summed E-state index contributed by atoms with van der Waals surface area (Å²) in [4.78, 5) is 13.4. The van der Waals surface area contributed by atoms with Gasteiger partial charge < -0.3 is 4.90 Å². The van der Waals surface area contributed by atoms with Gasteiger partial charge in [0.25, 0.3) is 5.69 Å². The van der Waals surface area contributed by atoms with Crippen molar-refractivity contribution in [3.8, 4) is 22.3 Å². The number of nitrogens with zero attached hydrogens (tertiary/aromatic N) is 2. The molecule has 1 aliphatic heterocycles. The number of hydrogen-bond donors (Lipinski definition) is 0. The number of fused-ring (bicyclic) bond motifs is 5. The first-order valence-corrected chi connectivity index (χ1v) is 9.55. The summed E-state index contributed by atoms with van der Waals surface area (Å²) in [6, 6.07) is 28.5. The van der Waals surface area contributed by atoms with Crippen molar-refractivity contribution >= 4 is 34.4 Å².